The molecule has 0 unspecified atom stereocenters. The predicted molar refractivity (Wildman–Crippen MR) is 73.2 cm³/mol. The summed E-state index contributed by atoms with van der Waals surface area (Å²) < 4.78 is 5.88. The molecule has 19 heavy (non-hydrogen) atoms. The first-order valence-electron chi connectivity index (χ1n) is 6.09. The molecular weight excluding hydrogens is 314 g/mol. The number of carboxylic acid groups (broad SMARTS) is 1. The van der Waals surface area contributed by atoms with Crippen molar-refractivity contribution < 1.29 is 19.7 Å². The zero-order valence-electron chi connectivity index (χ0n) is 10.3. The van der Waals surface area contributed by atoms with Crippen LogP contribution in [-0.2, 0) is 4.74 Å². The minimum Gasteiger partial charge on any atom is -0.507 e. The highest BCUT2D eigenvalue weighted by Gasteiger charge is 2.26. The Balaban J connectivity index is 2.35. The fourth-order valence-electron chi connectivity index (χ4n) is 2.37. The summed E-state index contributed by atoms with van der Waals surface area (Å²) in [6, 6.07) is 2.67. The van der Waals surface area contributed by atoms with Crippen molar-refractivity contribution in [1.82, 2.24) is 0 Å². The summed E-state index contributed by atoms with van der Waals surface area (Å²) in [6.07, 6.45) is 1.63. The second kappa shape index (κ2) is 5.90. The number of aromatic hydroxyl groups is 1. The molecule has 1 aliphatic rings. The molecule has 2 rings (SSSR count). The quantitative estimate of drug-likeness (QED) is 0.791. The number of aromatic carboxylic acids is 1. The molecule has 104 valence electrons. The molecule has 1 aromatic rings. The van der Waals surface area contributed by atoms with Crippen LogP contribution in [0.3, 0.4) is 0 Å². The van der Waals surface area contributed by atoms with Gasteiger partial charge in [-0.2, -0.15) is 0 Å². The Morgan fingerprint density at radius 2 is 2.05 bits per heavy atom. The zero-order valence-corrected chi connectivity index (χ0v) is 11.9. The number of halogens is 1. The van der Waals surface area contributed by atoms with Crippen LogP contribution in [0.15, 0.2) is 16.6 Å². The van der Waals surface area contributed by atoms with Crippen LogP contribution < -0.4 is 5.73 Å². The normalized spacial score (nSPS) is 18.2. The first kappa shape index (κ1) is 14.3. The van der Waals surface area contributed by atoms with E-state index in [2.05, 4.69) is 15.9 Å². The first-order valence-corrected chi connectivity index (χ1v) is 6.89. The molecule has 4 N–H and O–H groups in total. The molecule has 0 radical (unpaired) electrons. The van der Waals surface area contributed by atoms with E-state index in [9.17, 15) is 9.90 Å². The number of hydrogen-bond donors (Lipinski definition) is 3. The number of carbonyl (C=O) groups is 1. The van der Waals surface area contributed by atoms with Gasteiger partial charge in [0.2, 0.25) is 0 Å². The maximum absolute atomic E-state index is 11.1. The van der Waals surface area contributed by atoms with E-state index >= 15 is 0 Å². The fourth-order valence-corrected chi connectivity index (χ4v) is 2.84. The topological polar surface area (TPSA) is 92.8 Å². The lowest BCUT2D eigenvalue weighted by Crippen LogP contribution is -2.27. The summed E-state index contributed by atoms with van der Waals surface area (Å²) in [5, 5.41) is 19.1. The van der Waals surface area contributed by atoms with Gasteiger partial charge in [0.05, 0.1) is 0 Å². The molecule has 6 heteroatoms. The van der Waals surface area contributed by atoms with Crippen LogP contribution in [0.25, 0.3) is 0 Å². The average Bonchev–Trinajstić information content (AvgIpc) is 2.41. The standard InChI is InChI=1S/C13H16BrNO4/c14-8-5-9(12(16)10(6-8)13(17)18)11(15)7-1-3-19-4-2-7/h5-7,11,16H,1-4,15H2,(H,17,18)/t11-/m0/s1. The third-order valence-electron chi connectivity index (χ3n) is 3.47. The molecule has 1 heterocycles. The number of benzene rings is 1. The van der Waals surface area contributed by atoms with E-state index < -0.39 is 5.97 Å². The third-order valence-corrected chi connectivity index (χ3v) is 3.93. The Morgan fingerprint density at radius 1 is 1.42 bits per heavy atom. The van der Waals surface area contributed by atoms with Gasteiger partial charge in [-0.25, -0.2) is 4.79 Å². The largest absolute Gasteiger partial charge is 0.507 e. The highest BCUT2D eigenvalue weighted by atomic mass is 79.9. The number of hydrogen-bond acceptors (Lipinski definition) is 4. The third kappa shape index (κ3) is 3.08. The summed E-state index contributed by atoms with van der Waals surface area (Å²) in [5.41, 5.74) is 6.52. The summed E-state index contributed by atoms with van der Waals surface area (Å²) >= 11 is 3.25. The monoisotopic (exact) mass is 329 g/mol. The van der Waals surface area contributed by atoms with E-state index in [0.29, 0.717) is 23.2 Å². The van der Waals surface area contributed by atoms with Crippen molar-refractivity contribution in [2.24, 2.45) is 11.7 Å². The van der Waals surface area contributed by atoms with Gasteiger partial charge in [0, 0.05) is 29.3 Å². The molecule has 0 bridgehead atoms. The maximum Gasteiger partial charge on any atom is 0.339 e. The fraction of sp³-hybridized carbons (Fsp3) is 0.462. The van der Waals surface area contributed by atoms with Crippen molar-refractivity contribution >= 4 is 21.9 Å². The summed E-state index contributed by atoms with van der Waals surface area (Å²) in [4.78, 5) is 11.1. The van der Waals surface area contributed by atoms with Gasteiger partial charge in [0.1, 0.15) is 11.3 Å². The lowest BCUT2D eigenvalue weighted by molar-refractivity contribution is 0.0579. The molecule has 1 aromatic carbocycles. The number of carboxylic acids is 1. The highest BCUT2D eigenvalue weighted by molar-refractivity contribution is 9.10. The van der Waals surface area contributed by atoms with Crippen LogP contribution >= 0.6 is 15.9 Å². The molecule has 1 saturated heterocycles. The molecule has 1 atom stereocenters. The number of ether oxygens (including phenoxy) is 1. The maximum atomic E-state index is 11.1. The molecular formula is C13H16BrNO4. The SMILES string of the molecule is N[C@H](c1cc(Br)cc(C(=O)O)c1O)C1CCOCC1. The number of phenols is 1. The van der Waals surface area contributed by atoms with Crippen LogP contribution in [0, 0.1) is 5.92 Å². The average molecular weight is 330 g/mol. The lowest BCUT2D eigenvalue weighted by Gasteiger charge is -2.28. The zero-order chi connectivity index (χ0) is 14.0. The number of rotatable bonds is 3. The van der Waals surface area contributed by atoms with Gasteiger partial charge >= 0.3 is 5.97 Å². The summed E-state index contributed by atoms with van der Waals surface area (Å²) in [5.74, 6) is -1.22. The van der Waals surface area contributed by atoms with E-state index in [1.165, 1.54) is 6.07 Å². The van der Waals surface area contributed by atoms with Crippen LogP contribution in [0.5, 0.6) is 5.75 Å². The summed E-state index contributed by atoms with van der Waals surface area (Å²) in [6.45, 7) is 1.30. The van der Waals surface area contributed by atoms with Gasteiger partial charge in [0.15, 0.2) is 0 Å². The molecule has 1 fully saturated rings. The van der Waals surface area contributed by atoms with Crippen LogP contribution in [-0.4, -0.2) is 29.4 Å². The minimum atomic E-state index is -1.17. The van der Waals surface area contributed by atoms with Crippen LogP contribution in [0.2, 0.25) is 0 Å². The predicted octanol–water partition coefficient (Wildman–Crippen LogP) is 2.28. The Bertz CT molecular complexity index is 486. The number of nitrogens with two attached hydrogens (primary N) is 1. The van der Waals surface area contributed by atoms with Crippen molar-refractivity contribution in [1.29, 1.82) is 0 Å². The molecule has 0 amide bonds. The molecule has 0 spiro atoms. The minimum absolute atomic E-state index is 0.133. The highest BCUT2D eigenvalue weighted by Crippen LogP contribution is 2.36. The van der Waals surface area contributed by atoms with Gasteiger partial charge in [0.25, 0.3) is 0 Å². The molecule has 0 aromatic heterocycles. The molecule has 5 nitrogen and oxygen atoms in total. The van der Waals surface area contributed by atoms with Gasteiger partial charge in [-0.15, -0.1) is 0 Å². The van der Waals surface area contributed by atoms with E-state index in [1.54, 1.807) is 6.07 Å². The van der Waals surface area contributed by atoms with E-state index in [0.717, 1.165) is 12.8 Å². The Hall–Kier alpha value is -1.11. The smallest absolute Gasteiger partial charge is 0.339 e. The molecule has 0 saturated carbocycles. The van der Waals surface area contributed by atoms with Crippen molar-refractivity contribution in [3.8, 4) is 5.75 Å². The van der Waals surface area contributed by atoms with Crippen molar-refractivity contribution in [2.75, 3.05) is 13.2 Å². The van der Waals surface area contributed by atoms with Gasteiger partial charge in [-0.1, -0.05) is 15.9 Å². The van der Waals surface area contributed by atoms with Gasteiger partial charge < -0.3 is 20.7 Å². The molecule has 1 aliphatic heterocycles. The Labute approximate surface area is 119 Å². The van der Waals surface area contributed by atoms with Crippen LogP contribution in [0.1, 0.15) is 34.8 Å². The van der Waals surface area contributed by atoms with Crippen molar-refractivity contribution in [3.05, 3.63) is 27.7 Å². The van der Waals surface area contributed by atoms with Crippen molar-refractivity contribution in [2.45, 2.75) is 18.9 Å². The van der Waals surface area contributed by atoms with Crippen molar-refractivity contribution in [3.63, 3.8) is 0 Å². The second-order valence-corrected chi connectivity index (χ2v) is 5.59. The Morgan fingerprint density at radius 3 is 2.63 bits per heavy atom. The lowest BCUT2D eigenvalue weighted by atomic mass is 9.86. The summed E-state index contributed by atoms with van der Waals surface area (Å²) in [7, 11) is 0. The Kier molecular flexibility index (Phi) is 4.44. The first-order chi connectivity index (χ1) is 9.00. The van der Waals surface area contributed by atoms with Gasteiger partial charge in [-0.05, 0) is 30.9 Å². The molecule has 0 aliphatic carbocycles. The van der Waals surface area contributed by atoms with E-state index in [-0.39, 0.29) is 23.3 Å². The second-order valence-electron chi connectivity index (χ2n) is 4.67. The van der Waals surface area contributed by atoms with Gasteiger partial charge in [-0.3, -0.25) is 0 Å². The van der Waals surface area contributed by atoms with E-state index in [1.807, 2.05) is 0 Å². The van der Waals surface area contributed by atoms with E-state index in [4.69, 9.17) is 15.6 Å². The van der Waals surface area contributed by atoms with Crippen LogP contribution in [0.4, 0.5) is 0 Å².